The first-order chi connectivity index (χ1) is 16.1. The van der Waals surface area contributed by atoms with E-state index in [4.69, 9.17) is 21.1 Å². The number of carbonyl (C=O) groups is 3. The lowest BCUT2D eigenvalue weighted by Gasteiger charge is -2.18. The van der Waals surface area contributed by atoms with Gasteiger partial charge in [-0.2, -0.15) is 0 Å². The highest BCUT2D eigenvalue weighted by Gasteiger charge is 2.30. The molecule has 0 saturated carbocycles. The van der Waals surface area contributed by atoms with Gasteiger partial charge in [-0.05, 0) is 25.5 Å². The number of rotatable bonds is 7. The molecule has 34 heavy (non-hydrogen) atoms. The van der Waals surface area contributed by atoms with Crippen LogP contribution in [0.5, 0.6) is 0 Å². The van der Waals surface area contributed by atoms with Crippen molar-refractivity contribution in [2.75, 3.05) is 12.4 Å². The second kappa shape index (κ2) is 10.2. The van der Waals surface area contributed by atoms with E-state index in [1.54, 1.807) is 44.2 Å². The quantitative estimate of drug-likeness (QED) is 0.285. The first-order valence-electron chi connectivity index (χ1n) is 9.92. The van der Waals surface area contributed by atoms with Crippen LogP contribution in [0.2, 0.25) is 5.02 Å². The number of aromatic nitrogens is 1. The summed E-state index contributed by atoms with van der Waals surface area (Å²) in [5.74, 6) is -2.21. The minimum absolute atomic E-state index is 0.000000524. The Balaban J connectivity index is 1.91. The molecule has 0 radical (unpaired) electrons. The number of halogens is 1. The number of aryl methyl sites for hydroxylation is 1. The zero-order valence-corrected chi connectivity index (χ0v) is 19.1. The average Bonchev–Trinajstić information content (AvgIpc) is 3.12. The van der Waals surface area contributed by atoms with Crippen LogP contribution in [0.15, 0.2) is 48.5 Å². The number of methoxy groups -OCH3 is 1. The predicted molar refractivity (Wildman–Crippen MR) is 123 cm³/mol. The largest absolute Gasteiger partial charge is 0.465 e. The number of non-ortho nitro benzene ring substituents is 1. The van der Waals surface area contributed by atoms with Crippen molar-refractivity contribution in [2.45, 2.75) is 20.0 Å². The van der Waals surface area contributed by atoms with E-state index in [1.807, 2.05) is 0 Å². The number of esters is 2. The van der Waals surface area contributed by atoms with E-state index in [0.29, 0.717) is 16.8 Å². The molecule has 3 aromatic rings. The lowest BCUT2D eigenvalue weighted by Crippen LogP contribution is -2.26. The topological polar surface area (TPSA) is 141 Å². The highest BCUT2D eigenvalue weighted by molar-refractivity contribution is 6.34. The van der Waals surface area contributed by atoms with Gasteiger partial charge in [0.15, 0.2) is 0 Å². The lowest BCUT2D eigenvalue weighted by molar-refractivity contribution is -0.384. The minimum atomic E-state index is -1.38. The number of ether oxygens (including phenoxy) is 2. The van der Waals surface area contributed by atoms with Crippen molar-refractivity contribution in [1.29, 1.82) is 0 Å². The first kappa shape index (κ1) is 24.5. The number of nitrogens with one attached hydrogen (secondary N) is 2. The Bertz CT molecular complexity index is 1270. The number of nitrogens with zero attached hydrogens (tertiary/aromatic N) is 1. The van der Waals surface area contributed by atoms with Crippen LogP contribution in [-0.2, 0) is 14.3 Å². The molecule has 0 aliphatic rings. The van der Waals surface area contributed by atoms with Gasteiger partial charge in [-0.25, -0.2) is 9.59 Å². The van der Waals surface area contributed by atoms with E-state index >= 15 is 0 Å². The van der Waals surface area contributed by atoms with Crippen molar-refractivity contribution < 1.29 is 28.8 Å². The van der Waals surface area contributed by atoms with Gasteiger partial charge >= 0.3 is 11.9 Å². The Morgan fingerprint density at radius 2 is 1.76 bits per heavy atom. The molecule has 1 unspecified atom stereocenters. The maximum Gasteiger partial charge on any atom is 0.356 e. The van der Waals surface area contributed by atoms with Gasteiger partial charge in [0.1, 0.15) is 5.69 Å². The van der Waals surface area contributed by atoms with Crippen molar-refractivity contribution in [3.63, 3.8) is 0 Å². The summed E-state index contributed by atoms with van der Waals surface area (Å²) in [5.41, 5.74) is 1.17. The summed E-state index contributed by atoms with van der Waals surface area (Å²) in [4.78, 5) is 51.2. The summed E-state index contributed by atoms with van der Waals surface area (Å²) < 4.78 is 10.3. The summed E-state index contributed by atoms with van der Waals surface area (Å²) >= 11 is 6.08. The third-order valence-electron chi connectivity index (χ3n) is 5.02. The normalized spacial score (nSPS) is 11.4. The molecule has 0 saturated heterocycles. The number of nitro benzene ring substituents is 1. The van der Waals surface area contributed by atoms with Gasteiger partial charge in [-0.1, -0.05) is 41.9 Å². The summed E-state index contributed by atoms with van der Waals surface area (Å²) in [5, 5.41) is 13.4. The van der Waals surface area contributed by atoms with Crippen molar-refractivity contribution >= 4 is 40.8 Å². The van der Waals surface area contributed by atoms with Gasteiger partial charge in [0.05, 0.1) is 28.3 Å². The zero-order chi connectivity index (χ0) is 25.0. The van der Waals surface area contributed by atoms with Gasteiger partial charge in [0.25, 0.3) is 11.6 Å². The molecular formula is C23H20ClN3O7. The fraction of sp³-hybridized carbons (Fsp3) is 0.174. The number of nitro groups is 1. The van der Waals surface area contributed by atoms with Gasteiger partial charge in [-0.15, -0.1) is 0 Å². The Morgan fingerprint density at radius 3 is 2.35 bits per heavy atom. The molecular weight excluding hydrogens is 466 g/mol. The smallest absolute Gasteiger partial charge is 0.356 e. The SMILES string of the molecule is COC(=O)c1c(C)[nH]c(C(=O)OC(C(=O)Nc2ccc([N+](=O)[O-])cc2Cl)c2ccccc2)c1C. The number of anilines is 1. The molecule has 0 spiro atoms. The third kappa shape index (κ3) is 5.07. The molecule has 1 atom stereocenters. The van der Waals surface area contributed by atoms with E-state index < -0.39 is 28.9 Å². The van der Waals surface area contributed by atoms with Crippen LogP contribution in [0.4, 0.5) is 11.4 Å². The lowest BCUT2D eigenvalue weighted by atomic mass is 10.1. The Kier molecular flexibility index (Phi) is 7.32. The van der Waals surface area contributed by atoms with Crippen molar-refractivity contribution in [1.82, 2.24) is 4.98 Å². The summed E-state index contributed by atoms with van der Waals surface area (Å²) in [6.45, 7) is 3.16. The van der Waals surface area contributed by atoms with Crippen molar-refractivity contribution in [2.24, 2.45) is 0 Å². The highest BCUT2D eigenvalue weighted by Crippen LogP contribution is 2.29. The van der Waals surface area contributed by atoms with Gasteiger partial charge < -0.3 is 19.8 Å². The number of amides is 1. The third-order valence-corrected chi connectivity index (χ3v) is 5.33. The monoisotopic (exact) mass is 485 g/mol. The molecule has 176 valence electrons. The molecule has 10 nitrogen and oxygen atoms in total. The van der Waals surface area contributed by atoms with E-state index in [9.17, 15) is 24.5 Å². The average molecular weight is 486 g/mol. The van der Waals surface area contributed by atoms with E-state index in [2.05, 4.69) is 10.3 Å². The fourth-order valence-electron chi connectivity index (χ4n) is 3.35. The van der Waals surface area contributed by atoms with Crippen LogP contribution in [0.1, 0.15) is 43.8 Å². The molecule has 0 aliphatic carbocycles. The maximum absolute atomic E-state index is 13.1. The second-order valence-electron chi connectivity index (χ2n) is 7.22. The van der Waals surface area contributed by atoms with Gasteiger partial charge in [0.2, 0.25) is 6.10 Å². The predicted octanol–water partition coefficient (Wildman–Crippen LogP) is 4.52. The molecule has 1 heterocycles. The molecule has 0 bridgehead atoms. The van der Waals surface area contributed by atoms with E-state index in [-0.39, 0.29) is 27.7 Å². The number of H-pyrrole nitrogens is 1. The number of aromatic amines is 1. The zero-order valence-electron chi connectivity index (χ0n) is 18.4. The highest BCUT2D eigenvalue weighted by atomic mass is 35.5. The number of benzene rings is 2. The van der Waals surface area contributed by atoms with Crippen LogP contribution in [0, 0.1) is 24.0 Å². The minimum Gasteiger partial charge on any atom is -0.465 e. The van der Waals surface area contributed by atoms with Crippen molar-refractivity contribution in [3.8, 4) is 0 Å². The molecule has 0 fully saturated rings. The molecule has 2 aromatic carbocycles. The molecule has 1 aromatic heterocycles. The first-order valence-corrected chi connectivity index (χ1v) is 10.3. The van der Waals surface area contributed by atoms with Crippen LogP contribution >= 0.6 is 11.6 Å². The van der Waals surface area contributed by atoms with Crippen molar-refractivity contribution in [3.05, 3.63) is 91.7 Å². The Morgan fingerprint density at radius 1 is 1.09 bits per heavy atom. The van der Waals surface area contributed by atoms with Gasteiger partial charge in [-0.3, -0.25) is 14.9 Å². The molecule has 2 N–H and O–H groups in total. The summed E-state index contributed by atoms with van der Waals surface area (Å²) in [6, 6.07) is 11.8. The van der Waals surface area contributed by atoms with E-state index in [0.717, 1.165) is 6.07 Å². The van der Waals surface area contributed by atoms with Crippen LogP contribution < -0.4 is 5.32 Å². The Hall–Kier alpha value is -4.18. The molecule has 0 aliphatic heterocycles. The van der Waals surface area contributed by atoms with Crippen LogP contribution in [-0.4, -0.2) is 34.9 Å². The standard InChI is InChI=1S/C23H20ClN3O7/c1-12-18(22(29)33-3)13(2)25-19(12)23(30)34-20(14-7-5-4-6-8-14)21(28)26-17-10-9-15(27(31)32)11-16(17)24/h4-11,20,25H,1-3H3,(H,26,28). The number of carbonyl (C=O) groups excluding carboxylic acids is 3. The van der Waals surface area contributed by atoms with Crippen LogP contribution in [0.25, 0.3) is 0 Å². The summed E-state index contributed by atoms with van der Waals surface area (Å²) in [7, 11) is 1.23. The Labute approximate surface area is 199 Å². The van der Waals surface area contributed by atoms with Gasteiger partial charge in [0, 0.05) is 23.4 Å². The second-order valence-corrected chi connectivity index (χ2v) is 7.63. The number of hydrogen-bond acceptors (Lipinski definition) is 7. The maximum atomic E-state index is 13.1. The van der Waals surface area contributed by atoms with E-state index in [1.165, 1.54) is 19.2 Å². The molecule has 11 heteroatoms. The number of hydrogen-bond donors (Lipinski definition) is 2. The summed E-state index contributed by atoms with van der Waals surface area (Å²) in [6.07, 6.45) is -1.38. The molecule has 3 rings (SSSR count). The van der Waals surface area contributed by atoms with Crippen LogP contribution in [0.3, 0.4) is 0 Å². The fourth-order valence-corrected chi connectivity index (χ4v) is 3.57. The molecule has 1 amide bonds.